The highest BCUT2D eigenvalue weighted by atomic mass is 79.9. The van der Waals surface area contributed by atoms with Gasteiger partial charge in [0.05, 0.1) is 0 Å². The number of amides is 1. The molecule has 0 spiro atoms. The minimum Gasteiger partial charge on any atom is -0.375 e. The Morgan fingerprint density at radius 2 is 2.15 bits per heavy atom. The van der Waals surface area contributed by atoms with Crippen LogP contribution in [0.5, 0.6) is 0 Å². The first-order valence-electron chi connectivity index (χ1n) is 6.13. The summed E-state index contributed by atoms with van der Waals surface area (Å²) < 4.78 is 7.74. The molecule has 0 aliphatic rings. The molecule has 0 saturated carbocycles. The number of methoxy groups -OCH3 is 1. The second kappa shape index (κ2) is 6.67. The molecule has 1 atom stereocenters. The van der Waals surface area contributed by atoms with Gasteiger partial charge in [0.1, 0.15) is 18.5 Å². The van der Waals surface area contributed by atoms with Crippen LogP contribution in [0.3, 0.4) is 0 Å². The van der Waals surface area contributed by atoms with E-state index in [1.54, 1.807) is 6.20 Å². The molecule has 106 valence electrons. The molecule has 1 aromatic carbocycles. The van der Waals surface area contributed by atoms with Gasteiger partial charge in [-0.2, -0.15) is 0 Å². The highest BCUT2D eigenvalue weighted by molar-refractivity contribution is 9.10. The molecule has 2 aromatic rings. The molecule has 0 saturated heterocycles. The highest BCUT2D eigenvalue weighted by Gasteiger charge is 2.20. The number of aryl methyl sites for hydroxylation is 1. The van der Waals surface area contributed by atoms with Gasteiger partial charge in [-0.15, -0.1) is 0 Å². The zero-order valence-corrected chi connectivity index (χ0v) is 12.9. The van der Waals surface area contributed by atoms with Crippen LogP contribution in [0.2, 0.25) is 0 Å². The van der Waals surface area contributed by atoms with Gasteiger partial charge in [0.15, 0.2) is 0 Å². The number of nitrogens with one attached hydrogen (secondary N) is 1. The van der Waals surface area contributed by atoms with E-state index in [0.717, 1.165) is 15.9 Å². The number of nitrogens with zero attached hydrogens (tertiary/aromatic N) is 2. The second-order valence-corrected chi connectivity index (χ2v) is 5.30. The van der Waals surface area contributed by atoms with Crippen LogP contribution in [-0.2, 0) is 16.6 Å². The molecule has 1 amide bonds. The zero-order chi connectivity index (χ0) is 14.5. The van der Waals surface area contributed by atoms with Crippen LogP contribution >= 0.6 is 15.9 Å². The number of rotatable bonds is 5. The van der Waals surface area contributed by atoms with Crippen LogP contribution in [0, 0.1) is 0 Å². The topological polar surface area (TPSA) is 56.1 Å². The molecular weight excluding hydrogens is 322 g/mol. The van der Waals surface area contributed by atoms with Gasteiger partial charge in [-0.25, -0.2) is 4.98 Å². The molecule has 0 fully saturated rings. The highest BCUT2D eigenvalue weighted by Crippen LogP contribution is 2.22. The molecule has 6 heteroatoms. The van der Waals surface area contributed by atoms with E-state index in [9.17, 15) is 4.79 Å². The standard InChI is InChI=1S/C14H16BrN3O2/c1-18-8-7-16-14(18)13(17-12(19)9-20-2)10-3-5-11(15)6-4-10/h3-8,13H,9H2,1-2H3,(H,17,19)/t13-/m0/s1. The van der Waals surface area contributed by atoms with Crippen molar-refractivity contribution in [3.63, 3.8) is 0 Å². The number of hydrogen-bond donors (Lipinski definition) is 1. The van der Waals surface area contributed by atoms with Crippen molar-refractivity contribution in [2.45, 2.75) is 6.04 Å². The van der Waals surface area contributed by atoms with Gasteiger partial charge in [-0.3, -0.25) is 4.79 Å². The third-order valence-corrected chi connectivity index (χ3v) is 3.43. The fourth-order valence-electron chi connectivity index (χ4n) is 1.94. The lowest BCUT2D eigenvalue weighted by Crippen LogP contribution is -2.33. The van der Waals surface area contributed by atoms with Crippen molar-refractivity contribution >= 4 is 21.8 Å². The Morgan fingerprint density at radius 1 is 1.45 bits per heavy atom. The molecule has 2 rings (SSSR count). The molecule has 0 unspecified atom stereocenters. The third-order valence-electron chi connectivity index (χ3n) is 2.90. The minimum atomic E-state index is -0.300. The molecule has 0 bridgehead atoms. The van der Waals surface area contributed by atoms with Crippen LogP contribution in [0.25, 0.3) is 0 Å². The number of hydrogen-bond acceptors (Lipinski definition) is 3. The largest absolute Gasteiger partial charge is 0.375 e. The summed E-state index contributed by atoms with van der Waals surface area (Å²) in [5.74, 6) is 0.597. The van der Waals surface area contributed by atoms with E-state index < -0.39 is 0 Å². The van der Waals surface area contributed by atoms with Crippen molar-refractivity contribution < 1.29 is 9.53 Å². The Morgan fingerprint density at radius 3 is 2.70 bits per heavy atom. The van der Waals surface area contributed by atoms with E-state index in [2.05, 4.69) is 26.2 Å². The Hall–Kier alpha value is -1.66. The Bertz CT molecular complexity index is 580. The maximum absolute atomic E-state index is 11.8. The Kier molecular flexibility index (Phi) is 4.92. The first-order chi connectivity index (χ1) is 9.61. The summed E-state index contributed by atoms with van der Waals surface area (Å²) in [6.07, 6.45) is 3.56. The molecule has 1 heterocycles. The van der Waals surface area contributed by atoms with Gasteiger partial charge in [0, 0.05) is 31.0 Å². The van der Waals surface area contributed by atoms with E-state index in [1.165, 1.54) is 7.11 Å². The summed E-state index contributed by atoms with van der Waals surface area (Å²) in [4.78, 5) is 16.1. The first-order valence-corrected chi connectivity index (χ1v) is 6.92. The van der Waals surface area contributed by atoms with E-state index in [4.69, 9.17) is 4.74 Å². The van der Waals surface area contributed by atoms with Crippen LogP contribution in [0.1, 0.15) is 17.4 Å². The van der Waals surface area contributed by atoms with E-state index in [0.29, 0.717) is 0 Å². The maximum atomic E-state index is 11.8. The first kappa shape index (κ1) is 14.7. The number of benzene rings is 1. The summed E-state index contributed by atoms with van der Waals surface area (Å²) >= 11 is 3.41. The minimum absolute atomic E-state index is 0.0252. The lowest BCUT2D eigenvalue weighted by atomic mass is 10.1. The quantitative estimate of drug-likeness (QED) is 0.908. The van der Waals surface area contributed by atoms with Gasteiger partial charge in [0.2, 0.25) is 5.91 Å². The van der Waals surface area contributed by atoms with Gasteiger partial charge in [0.25, 0.3) is 0 Å². The predicted octanol–water partition coefficient (Wildman–Crippen LogP) is 2.03. The second-order valence-electron chi connectivity index (χ2n) is 4.38. The van der Waals surface area contributed by atoms with Crippen LogP contribution in [-0.4, -0.2) is 29.2 Å². The van der Waals surface area contributed by atoms with Gasteiger partial charge < -0.3 is 14.6 Å². The van der Waals surface area contributed by atoms with E-state index >= 15 is 0 Å². The summed E-state index contributed by atoms with van der Waals surface area (Å²) in [7, 11) is 3.39. The molecule has 5 nitrogen and oxygen atoms in total. The molecule has 0 aliphatic heterocycles. The zero-order valence-electron chi connectivity index (χ0n) is 11.3. The van der Waals surface area contributed by atoms with Gasteiger partial charge in [-0.05, 0) is 17.7 Å². The van der Waals surface area contributed by atoms with Gasteiger partial charge in [-0.1, -0.05) is 28.1 Å². The molecule has 1 N–H and O–H groups in total. The SMILES string of the molecule is COCC(=O)N[C@@H](c1ccc(Br)cc1)c1nccn1C. The lowest BCUT2D eigenvalue weighted by Gasteiger charge is -2.19. The predicted molar refractivity (Wildman–Crippen MR) is 79.2 cm³/mol. The summed E-state index contributed by atoms with van der Waals surface area (Å²) in [5.41, 5.74) is 0.965. The van der Waals surface area contributed by atoms with E-state index in [-0.39, 0.29) is 18.6 Å². The van der Waals surface area contributed by atoms with Crippen molar-refractivity contribution in [3.8, 4) is 0 Å². The summed E-state index contributed by atoms with van der Waals surface area (Å²) in [5, 5.41) is 2.93. The molecule has 1 aromatic heterocycles. The number of imidazole rings is 1. The molecular formula is C14H16BrN3O2. The van der Waals surface area contributed by atoms with E-state index in [1.807, 2.05) is 42.1 Å². The van der Waals surface area contributed by atoms with Crippen molar-refractivity contribution in [2.75, 3.05) is 13.7 Å². The third kappa shape index (κ3) is 3.46. The van der Waals surface area contributed by atoms with Crippen molar-refractivity contribution in [2.24, 2.45) is 7.05 Å². The van der Waals surface area contributed by atoms with Crippen molar-refractivity contribution in [1.29, 1.82) is 0 Å². The maximum Gasteiger partial charge on any atom is 0.246 e. The number of carbonyl (C=O) groups is 1. The Balaban J connectivity index is 2.31. The number of ether oxygens (including phenoxy) is 1. The Labute approximate surface area is 126 Å². The van der Waals surface area contributed by atoms with Crippen molar-refractivity contribution in [1.82, 2.24) is 14.9 Å². The summed E-state index contributed by atoms with van der Waals surface area (Å²) in [6.45, 7) is 0.0252. The average Bonchev–Trinajstić information content (AvgIpc) is 2.84. The van der Waals surface area contributed by atoms with Crippen LogP contribution < -0.4 is 5.32 Å². The molecule has 0 radical (unpaired) electrons. The molecule has 20 heavy (non-hydrogen) atoms. The van der Waals surface area contributed by atoms with Crippen molar-refractivity contribution in [3.05, 3.63) is 52.5 Å². The van der Waals surface area contributed by atoms with Crippen LogP contribution in [0.4, 0.5) is 0 Å². The fraction of sp³-hybridized carbons (Fsp3) is 0.286. The summed E-state index contributed by atoms with van der Waals surface area (Å²) in [6, 6.07) is 7.49. The number of halogens is 1. The average molecular weight is 338 g/mol. The molecule has 0 aliphatic carbocycles. The lowest BCUT2D eigenvalue weighted by molar-refractivity contribution is -0.125. The number of aromatic nitrogens is 2. The monoisotopic (exact) mass is 337 g/mol. The fourth-order valence-corrected chi connectivity index (χ4v) is 2.21. The normalized spacial score (nSPS) is 12.2. The number of carbonyl (C=O) groups excluding carboxylic acids is 1. The van der Waals surface area contributed by atoms with Gasteiger partial charge >= 0.3 is 0 Å². The smallest absolute Gasteiger partial charge is 0.246 e. The van der Waals surface area contributed by atoms with Crippen LogP contribution in [0.15, 0.2) is 41.1 Å².